The maximum absolute atomic E-state index is 12.6. The van der Waals surface area contributed by atoms with Gasteiger partial charge >= 0.3 is 12.0 Å². The Kier molecular flexibility index (Phi) is 4.82. The van der Waals surface area contributed by atoms with Crippen LogP contribution in [0.25, 0.3) is 0 Å². The average molecular weight is 376 g/mol. The molecule has 2 fully saturated rings. The largest absolute Gasteiger partial charge is 0.481 e. The number of carboxylic acids is 1. The maximum Gasteiger partial charge on any atom is 0.317 e. The Balaban J connectivity index is 1.46. The minimum atomic E-state index is -0.841. The van der Waals surface area contributed by atoms with Crippen molar-refractivity contribution in [3.05, 3.63) is 23.8 Å². The van der Waals surface area contributed by atoms with Gasteiger partial charge in [0.2, 0.25) is 6.79 Å². The number of rotatable bonds is 4. The highest BCUT2D eigenvalue weighted by Gasteiger charge is 2.37. The molecule has 1 unspecified atom stereocenters. The zero-order valence-corrected chi connectivity index (χ0v) is 15.1. The molecule has 0 bridgehead atoms. The minimum Gasteiger partial charge on any atom is -0.481 e. The minimum absolute atomic E-state index is 0.203. The van der Waals surface area contributed by atoms with Crippen LogP contribution in [0.1, 0.15) is 24.8 Å². The maximum atomic E-state index is 12.6. The Labute approximate surface area is 157 Å². The number of carbonyl (C=O) groups excluding carboxylic acids is 1. The third kappa shape index (κ3) is 3.53. The molecule has 3 aliphatic heterocycles. The Hall–Kier alpha value is -2.48. The van der Waals surface area contributed by atoms with Gasteiger partial charge in [0.05, 0.1) is 5.92 Å². The highest BCUT2D eigenvalue weighted by atomic mass is 16.7. The van der Waals surface area contributed by atoms with Gasteiger partial charge in [0.15, 0.2) is 11.5 Å². The van der Waals surface area contributed by atoms with Crippen molar-refractivity contribution in [1.82, 2.24) is 10.2 Å². The van der Waals surface area contributed by atoms with Crippen LogP contribution in [0.3, 0.4) is 0 Å². The molecule has 4 rings (SSSR count). The van der Waals surface area contributed by atoms with Crippen molar-refractivity contribution in [2.45, 2.75) is 24.7 Å². The Bertz CT molecular complexity index is 731. The second-order valence-corrected chi connectivity index (χ2v) is 7.39. The third-order valence-corrected chi connectivity index (χ3v) is 5.84. The lowest BCUT2D eigenvalue weighted by molar-refractivity contribution is -0.141. The van der Waals surface area contributed by atoms with Crippen LogP contribution in [0.15, 0.2) is 18.2 Å². The number of aliphatic carboxylic acids is 1. The van der Waals surface area contributed by atoms with Gasteiger partial charge in [0.25, 0.3) is 0 Å². The molecule has 2 amide bonds. The topological polar surface area (TPSA) is 97.3 Å². The smallest absolute Gasteiger partial charge is 0.317 e. The average Bonchev–Trinajstić information content (AvgIpc) is 3.35. The van der Waals surface area contributed by atoms with Gasteiger partial charge in [-0.3, -0.25) is 4.79 Å². The zero-order chi connectivity index (χ0) is 18.9. The summed E-state index contributed by atoms with van der Waals surface area (Å²) in [5.41, 5.74) is 0.862. The standard InChI is InChI=1S/C19H24N2O6/c22-17(23)13-3-6-21(10-13)18(24)20-11-19(4-7-25-8-5-19)14-1-2-15-16(9-14)27-12-26-15/h1-2,9,13H,3-8,10-12H2,(H,20,24)(H,22,23). The number of ether oxygens (including phenoxy) is 3. The fraction of sp³-hybridized carbons (Fsp3) is 0.579. The molecule has 8 heteroatoms. The summed E-state index contributed by atoms with van der Waals surface area (Å²) in [5.74, 6) is 0.156. The monoisotopic (exact) mass is 376 g/mol. The number of fused-ring (bicyclic) bond motifs is 1. The molecule has 3 aliphatic rings. The van der Waals surface area contributed by atoms with Crippen molar-refractivity contribution >= 4 is 12.0 Å². The Morgan fingerprint density at radius 2 is 2.00 bits per heavy atom. The van der Waals surface area contributed by atoms with E-state index in [-0.39, 0.29) is 24.8 Å². The van der Waals surface area contributed by atoms with Crippen LogP contribution in [0.4, 0.5) is 4.79 Å². The molecule has 0 radical (unpaired) electrons. The number of hydrogen-bond acceptors (Lipinski definition) is 5. The first-order valence-corrected chi connectivity index (χ1v) is 9.31. The highest BCUT2D eigenvalue weighted by molar-refractivity contribution is 5.77. The molecule has 0 saturated carbocycles. The summed E-state index contributed by atoms with van der Waals surface area (Å²) in [7, 11) is 0. The van der Waals surface area contributed by atoms with Crippen molar-refractivity contribution in [3.8, 4) is 11.5 Å². The summed E-state index contributed by atoms with van der Waals surface area (Å²) in [4.78, 5) is 25.3. The van der Waals surface area contributed by atoms with Crippen molar-refractivity contribution in [2.24, 2.45) is 5.92 Å². The van der Waals surface area contributed by atoms with E-state index < -0.39 is 11.9 Å². The van der Waals surface area contributed by atoms with E-state index in [2.05, 4.69) is 5.32 Å². The van der Waals surface area contributed by atoms with Gasteiger partial charge in [-0.15, -0.1) is 0 Å². The predicted octanol–water partition coefficient (Wildman–Crippen LogP) is 1.58. The summed E-state index contributed by atoms with van der Waals surface area (Å²) in [6.07, 6.45) is 2.10. The molecule has 0 aromatic heterocycles. The molecular weight excluding hydrogens is 352 g/mol. The molecule has 2 N–H and O–H groups in total. The van der Waals surface area contributed by atoms with Gasteiger partial charge in [-0.25, -0.2) is 4.79 Å². The van der Waals surface area contributed by atoms with Crippen molar-refractivity contribution in [1.29, 1.82) is 0 Å². The van der Waals surface area contributed by atoms with E-state index in [1.54, 1.807) is 4.90 Å². The fourth-order valence-corrected chi connectivity index (χ4v) is 4.06. The predicted molar refractivity (Wildman–Crippen MR) is 95.0 cm³/mol. The summed E-state index contributed by atoms with van der Waals surface area (Å²) in [5, 5.41) is 12.1. The first kappa shape index (κ1) is 17.9. The number of nitrogens with one attached hydrogen (secondary N) is 1. The first-order chi connectivity index (χ1) is 13.1. The molecule has 3 heterocycles. The summed E-state index contributed by atoms with van der Waals surface area (Å²) < 4.78 is 16.5. The van der Waals surface area contributed by atoms with Crippen LogP contribution in [-0.4, -0.2) is 61.6 Å². The molecular formula is C19H24N2O6. The Morgan fingerprint density at radius 1 is 1.22 bits per heavy atom. The summed E-state index contributed by atoms with van der Waals surface area (Å²) in [6.45, 7) is 2.71. The van der Waals surface area contributed by atoms with E-state index in [0.29, 0.717) is 32.7 Å². The van der Waals surface area contributed by atoms with E-state index in [0.717, 1.165) is 29.9 Å². The molecule has 0 aliphatic carbocycles. The first-order valence-electron chi connectivity index (χ1n) is 9.31. The second kappa shape index (κ2) is 7.26. The Morgan fingerprint density at radius 3 is 2.74 bits per heavy atom. The SMILES string of the molecule is O=C(O)C1CCN(C(=O)NCC2(c3ccc4c(c3)OCO4)CCOCC2)C1. The van der Waals surface area contributed by atoms with Crippen molar-refractivity contribution in [2.75, 3.05) is 39.6 Å². The van der Waals surface area contributed by atoms with Gasteiger partial charge in [0, 0.05) is 38.3 Å². The normalized spacial score (nSPS) is 23.3. The molecule has 146 valence electrons. The molecule has 8 nitrogen and oxygen atoms in total. The molecule has 1 aromatic carbocycles. The third-order valence-electron chi connectivity index (χ3n) is 5.84. The molecule has 2 saturated heterocycles. The molecule has 1 aromatic rings. The quantitative estimate of drug-likeness (QED) is 0.828. The number of hydrogen-bond donors (Lipinski definition) is 2. The van der Waals surface area contributed by atoms with Crippen LogP contribution in [-0.2, 0) is 14.9 Å². The lowest BCUT2D eigenvalue weighted by Crippen LogP contribution is -2.48. The molecule has 1 atom stereocenters. The lowest BCUT2D eigenvalue weighted by Gasteiger charge is -2.38. The van der Waals surface area contributed by atoms with E-state index >= 15 is 0 Å². The van der Waals surface area contributed by atoms with Crippen molar-refractivity contribution in [3.63, 3.8) is 0 Å². The summed E-state index contributed by atoms with van der Waals surface area (Å²) >= 11 is 0. The highest BCUT2D eigenvalue weighted by Crippen LogP contribution is 2.40. The number of nitrogens with zero attached hydrogens (tertiary/aromatic N) is 1. The number of likely N-dealkylation sites (tertiary alicyclic amines) is 1. The van der Waals surface area contributed by atoms with Gasteiger partial charge in [0.1, 0.15) is 0 Å². The number of carbonyl (C=O) groups is 2. The fourth-order valence-electron chi connectivity index (χ4n) is 4.06. The number of carboxylic acid groups (broad SMARTS) is 1. The van der Waals surface area contributed by atoms with Crippen LogP contribution >= 0.6 is 0 Å². The van der Waals surface area contributed by atoms with Gasteiger partial charge in [-0.05, 0) is 37.0 Å². The lowest BCUT2D eigenvalue weighted by atomic mass is 9.74. The number of urea groups is 1. The van der Waals surface area contributed by atoms with Crippen LogP contribution in [0.5, 0.6) is 11.5 Å². The van der Waals surface area contributed by atoms with Gasteiger partial charge in [-0.2, -0.15) is 0 Å². The van der Waals surface area contributed by atoms with E-state index in [4.69, 9.17) is 19.3 Å². The van der Waals surface area contributed by atoms with Gasteiger partial charge in [-0.1, -0.05) is 6.07 Å². The van der Waals surface area contributed by atoms with Crippen molar-refractivity contribution < 1.29 is 28.9 Å². The van der Waals surface area contributed by atoms with E-state index in [1.165, 1.54) is 0 Å². The van der Waals surface area contributed by atoms with E-state index in [1.807, 2.05) is 18.2 Å². The second-order valence-electron chi connectivity index (χ2n) is 7.39. The summed E-state index contributed by atoms with van der Waals surface area (Å²) in [6, 6.07) is 5.73. The molecule has 0 spiro atoms. The van der Waals surface area contributed by atoms with E-state index in [9.17, 15) is 9.59 Å². The zero-order valence-electron chi connectivity index (χ0n) is 15.1. The number of amides is 2. The van der Waals surface area contributed by atoms with Crippen LogP contribution in [0, 0.1) is 5.92 Å². The van der Waals surface area contributed by atoms with Crippen LogP contribution in [0.2, 0.25) is 0 Å². The number of benzene rings is 1. The van der Waals surface area contributed by atoms with Gasteiger partial charge < -0.3 is 29.5 Å². The molecule has 27 heavy (non-hydrogen) atoms. The van der Waals surface area contributed by atoms with Crippen LogP contribution < -0.4 is 14.8 Å².